The molecule has 1 heterocycles. The number of halogens is 2. The van der Waals surface area contributed by atoms with E-state index in [4.69, 9.17) is 5.26 Å². The van der Waals surface area contributed by atoms with E-state index >= 15 is 0 Å². The molecule has 20 heavy (non-hydrogen) atoms. The minimum atomic E-state index is -0.329. The van der Waals surface area contributed by atoms with Gasteiger partial charge < -0.3 is 4.90 Å². The molecule has 0 bridgehead atoms. The number of nitrogens with zero attached hydrogens (tertiary/aromatic N) is 3. The number of benzene rings is 1. The minimum Gasteiger partial charge on any atom is -0.368 e. The summed E-state index contributed by atoms with van der Waals surface area (Å²) >= 11 is 3.18. The van der Waals surface area contributed by atoms with Crippen molar-refractivity contribution in [1.29, 1.82) is 5.26 Å². The Hall–Kier alpha value is -1.12. The van der Waals surface area contributed by atoms with E-state index in [2.05, 4.69) is 39.6 Å². The first-order valence-electron chi connectivity index (χ1n) is 6.99. The van der Waals surface area contributed by atoms with Gasteiger partial charge in [0, 0.05) is 19.1 Å². The summed E-state index contributed by atoms with van der Waals surface area (Å²) in [7, 11) is 0. The summed E-state index contributed by atoms with van der Waals surface area (Å²) in [4.78, 5) is 4.49. The molecule has 0 spiro atoms. The molecule has 1 unspecified atom stereocenters. The first kappa shape index (κ1) is 15.3. The van der Waals surface area contributed by atoms with Crippen LogP contribution in [0.1, 0.15) is 25.8 Å². The Morgan fingerprint density at radius 1 is 1.45 bits per heavy atom. The predicted molar refractivity (Wildman–Crippen MR) is 82.4 cm³/mol. The van der Waals surface area contributed by atoms with Gasteiger partial charge in [0.15, 0.2) is 5.82 Å². The highest BCUT2D eigenvalue weighted by atomic mass is 79.9. The van der Waals surface area contributed by atoms with Crippen molar-refractivity contribution in [1.82, 2.24) is 4.90 Å². The number of rotatable bonds is 4. The van der Waals surface area contributed by atoms with Crippen molar-refractivity contribution in [2.45, 2.75) is 26.3 Å². The van der Waals surface area contributed by atoms with Gasteiger partial charge in [0.1, 0.15) is 6.07 Å². The van der Waals surface area contributed by atoms with Gasteiger partial charge in [-0.15, -0.1) is 0 Å². The van der Waals surface area contributed by atoms with Crippen LogP contribution >= 0.6 is 15.9 Å². The molecule has 0 N–H and O–H groups in total. The quantitative estimate of drug-likeness (QED) is 0.842. The highest BCUT2D eigenvalue weighted by Crippen LogP contribution is 2.31. The number of likely N-dealkylation sites (N-methyl/N-ethyl adjacent to an activating group) is 1. The second-order valence-electron chi connectivity index (χ2n) is 4.98. The molecule has 1 aromatic rings. The van der Waals surface area contributed by atoms with Crippen LogP contribution in [-0.2, 0) is 0 Å². The molecule has 1 aliphatic rings. The molecule has 108 valence electrons. The van der Waals surface area contributed by atoms with Crippen LogP contribution in [0.15, 0.2) is 16.6 Å². The number of anilines is 1. The predicted octanol–water partition coefficient (Wildman–Crippen LogP) is 3.38. The molecule has 0 radical (unpaired) electrons. The van der Waals surface area contributed by atoms with Gasteiger partial charge in [-0.2, -0.15) is 5.26 Å². The molecule has 1 fully saturated rings. The number of nitriles is 1. The third kappa shape index (κ3) is 2.82. The third-order valence-electron chi connectivity index (χ3n) is 4.02. The lowest BCUT2D eigenvalue weighted by molar-refractivity contribution is 0.232. The van der Waals surface area contributed by atoms with E-state index in [0.29, 0.717) is 17.3 Å². The Balaban J connectivity index is 2.19. The lowest BCUT2D eigenvalue weighted by Gasteiger charge is -2.27. The number of hydrogen-bond donors (Lipinski definition) is 0. The van der Waals surface area contributed by atoms with Crippen LogP contribution in [0.25, 0.3) is 0 Å². The zero-order valence-corrected chi connectivity index (χ0v) is 13.5. The molecule has 0 aliphatic carbocycles. The van der Waals surface area contributed by atoms with Crippen LogP contribution in [0.2, 0.25) is 0 Å². The number of hydrogen-bond acceptors (Lipinski definition) is 3. The summed E-state index contributed by atoms with van der Waals surface area (Å²) in [5, 5.41) is 8.91. The van der Waals surface area contributed by atoms with Gasteiger partial charge in [0.2, 0.25) is 0 Å². The third-order valence-corrected chi connectivity index (χ3v) is 4.79. The maximum absolute atomic E-state index is 14.3. The van der Waals surface area contributed by atoms with Crippen LogP contribution < -0.4 is 4.90 Å². The molecule has 5 heteroatoms. The maximum Gasteiger partial charge on any atom is 0.161 e. The fraction of sp³-hybridized carbons (Fsp3) is 0.533. The maximum atomic E-state index is 14.3. The molecule has 1 aliphatic heterocycles. The van der Waals surface area contributed by atoms with E-state index < -0.39 is 0 Å². The van der Waals surface area contributed by atoms with Crippen molar-refractivity contribution < 1.29 is 4.39 Å². The summed E-state index contributed by atoms with van der Waals surface area (Å²) in [6, 6.07) is 5.86. The Bertz CT molecular complexity index is 523. The van der Waals surface area contributed by atoms with Crippen molar-refractivity contribution in [3.8, 4) is 6.07 Å². The summed E-state index contributed by atoms with van der Waals surface area (Å²) in [6.07, 6.45) is 1.05. The molecule has 0 saturated carbocycles. The van der Waals surface area contributed by atoms with Crippen LogP contribution in [0, 0.1) is 17.1 Å². The standard InChI is InChI=1S/C15H19BrFN3/c1-3-19(4-2)12-7-8-20(10-12)13-6-5-11(9-18)14(16)15(13)17/h5-6,12H,3-4,7-8,10H2,1-2H3. The fourth-order valence-electron chi connectivity index (χ4n) is 2.87. The van der Waals surface area contributed by atoms with E-state index in [1.54, 1.807) is 12.1 Å². The lowest BCUT2D eigenvalue weighted by Crippen LogP contribution is -2.37. The molecule has 1 aromatic carbocycles. The van der Waals surface area contributed by atoms with Crippen molar-refractivity contribution in [3.05, 3.63) is 28.0 Å². The van der Waals surface area contributed by atoms with Crippen molar-refractivity contribution >= 4 is 21.6 Å². The van der Waals surface area contributed by atoms with Gasteiger partial charge in [-0.25, -0.2) is 4.39 Å². The Morgan fingerprint density at radius 3 is 2.75 bits per heavy atom. The smallest absolute Gasteiger partial charge is 0.161 e. The fourth-order valence-corrected chi connectivity index (χ4v) is 3.29. The second kappa shape index (κ2) is 6.55. The SMILES string of the molecule is CCN(CC)C1CCN(c2ccc(C#N)c(Br)c2F)C1. The largest absolute Gasteiger partial charge is 0.368 e. The Labute approximate surface area is 128 Å². The van der Waals surface area contributed by atoms with Crippen molar-refractivity contribution in [3.63, 3.8) is 0 Å². The van der Waals surface area contributed by atoms with Crippen molar-refractivity contribution in [2.24, 2.45) is 0 Å². The van der Waals surface area contributed by atoms with E-state index in [0.717, 1.165) is 32.6 Å². The van der Waals surface area contributed by atoms with Gasteiger partial charge >= 0.3 is 0 Å². The summed E-state index contributed by atoms with van der Waals surface area (Å²) in [5.74, 6) is -0.329. The van der Waals surface area contributed by atoms with Crippen molar-refractivity contribution in [2.75, 3.05) is 31.1 Å². The van der Waals surface area contributed by atoms with Gasteiger partial charge in [-0.05, 0) is 47.6 Å². The van der Waals surface area contributed by atoms with Crippen LogP contribution in [0.5, 0.6) is 0 Å². The zero-order chi connectivity index (χ0) is 14.7. The zero-order valence-electron chi connectivity index (χ0n) is 11.9. The first-order valence-corrected chi connectivity index (χ1v) is 7.78. The van der Waals surface area contributed by atoms with Crippen LogP contribution in [0.4, 0.5) is 10.1 Å². The van der Waals surface area contributed by atoms with Gasteiger partial charge in [0.25, 0.3) is 0 Å². The average molecular weight is 340 g/mol. The summed E-state index contributed by atoms with van der Waals surface area (Å²) in [6.45, 7) is 8.06. The van der Waals surface area contributed by atoms with Crippen LogP contribution in [0.3, 0.4) is 0 Å². The van der Waals surface area contributed by atoms with Gasteiger partial charge in [0.05, 0.1) is 15.7 Å². The second-order valence-corrected chi connectivity index (χ2v) is 5.77. The molecular formula is C15H19BrFN3. The lowest BCUT2D eigenvalue weighted by atomic mass is 10.2. The van der Waals surface area contributed by atoms with Gasteiger partial charge in [-0.1, -0.05) is 13.8 Å². The Kier molecular flexibility index (Phi) is 5.00. The molecule has 0 aromatic heterocycles. The minimum absolute atomic E-state index is 0.267. The van der Waals surface area contributed by atoms with E-state index in [1.807, 2.05) is 6.07 Å². The average Bonchev–Trinajstić information content (AvgIpc) is 2.92. The normalized spacial score (nSPS) is 18.6. The van der Waals surface area contributed by atoms with E-state index in [-0.39, 0.29) is 10.3 Å². The Morgan fingerprint density at radius 2 is 2.15 bits per heavy atom. The highest BCUT2D eigenvalue weighted by molar-refractivity contribution is 9.10. The first-order chi connectivity index (χ1) is 9.62. The van der Waals surface area contributed by atoms with E-state index in [9.17, 15) is 4.39 Å². The molecule has 2 rings (SSSR count). The molecular weight excluding hydrogens is 321 g/mol. The summed E-state index contributed by atoms with van der Waals surface area (Å²) in [5.41, 5.74) is 0.927. The monoisotopic (exact) mass is 339 g/mol. The highest BCUT2D eigenvalue weighted by Gasteiger charge is 2.28. The molecule has 1 saturated heterocycles. The topological polar surface area (TPSA) is 30.3 Å². The molecule has 1 atom stereocenters. The summed E-state index contributed by atoms with van der Waals surface area (Å²) < 4.78 is 14.6. The molecule has 3 nitrogen and oxygen atoms in total. The van der Waals surface area contributed by atoms with Crippen LogP contribution in [-0.4, -0.2) is 37.1 Å². The van der Waals surface area contributed by atoms with E-state index in [1.165, 1.54) is 0 Å². The van der Waals surface area contributed by atoms with Gasteiger partial charge in [-0.3, -0.25) is 4.90 Å². The molecule has 0 amide bonds.